The summed E-state index contributed by atoms with van der Waals surface area (Å²) in [6.07, 6.45) is 6.88. The summed E-state index contributed by atoms with van der Waals surface area (Å²) in [5, 5.41) is 0. The number of aryl methyl sites for hydroxylation is 1. The van der Waals surface area contributed by atoms with Crippen molar-refractivity contribution in [2.24, 2.45) is 5.92 Å². The molecule has 1 aliphatic carbocycles. The van der Waals surface area contributed by atoms with E-state index in [-0.39, 0.29) is 24.3 Å². The predicted octanol–water partition coefficient (Wildman–Crippen LogP) is 2.77. The fraction of sp³-hybridized carbons (Fsp3) is 0.550. The van der Waals surface area contributed by atoms with Gasteiger partial charge in [-0.2, -0.15) is 0 Å². The van der Waals surface area contributed by atoms with Crippen molar-refractivity contribution in [2.75, 3.05) is 13.1 Å². The molecule has 2 unspecified atom stereocenters. The first-order chi connectivity index (χ1) is 12.1. The number of rotatable bonds is 2. The molecule has 0 aromatic heterocycles. The molecule has 1 aromatic carbocycles. The van der Waals surface area contributed by atoms with Gasteiger partial charge in [-0.25, -0.2) is 0 Å². The average molecular weight is 340 g/mol. The van der Waals surface area contributed by atoms with Crippen molar-refractivity contribution in [3.8, 4) is 0 Å². The van der Waals surface area contributed by atoms with Crippen LogP contribution in [0.25, 0.3) is 0 Å². The minimum Gasteiger partial charge on any atom is -0.338 e. The Bertz CT molecular complexity index is 740. The molecular weight excluding hydrogens is 316 g/mol. The lowest BCUT2D eigenvalue weighted by molar-refractivity contribution is -0.137. The second-order valence-electron chi connectivity index (χ2n) is 7.59. The zero-order valence-corrected chi connectivity index (χ0v) is 14.7. The zero-order valence-electron chi connectivity index (χ0n) is 14.7. The number of likely N-dealkylation sites (tertiary alicyclic amines) is 1. The summed E-state index contributed by atoms with van der Waals surface area (Å²) < 4.78 is 0. The highest BCUT2D eigenvalue weighted by atomic mass is 16.2. The van der Waals surface area contributed by atoms with E-state index in [1.807, 2.05) is 17.9 Å². The standard InChI is InChI=1S/C20H24N2O3/c1-13-8-9-15-16(11-13)20(25)22(19(15)24)12-18(23)21-10-4-6-14-5-2-3-7-17(14)21/h8-9,11,14,17H,2-7,10,12H2,1H3. The second kappa shape index (κ2) is 6.28. The molecule has 3 aliphatic rings. The van der Waals surface area contributed by atoms with Gasteiger partial charge in [0.05, 0.1) is 11.1 Å². The van der Waals surface area contributed by atoms with E-state index in [1.54, 1.807) is 12.1 Å². The van der Waals surface area contributed by atoms with Crippen molar-refractivity contribution < 1.29 is 14.4 Å². The maximum absolute atomic E-state index is 12.9. The molecule has 4 rings (SSSR count). The minimum absolute atomic E-state index is 0.0807. The molecule has 2 aliphatic heterocycles. The molecule has 25 heavy (non-hydrogen) atoms. The van der Waals surface area contributed by atoms with Gasteiger partial charge in [0.15, 0.2) is 0 Å². The summed E-state index contributed by atoms with van der Waals surface area (Å²) in [4.78, 5) is 41.1. The Morgan fingerprint density at radius 3 is 2.60 bits per heavy atom. The molecule has 0 N–H and O–H groups in total. The van der Waals surface area contributed by atoms with Crippen LogP contribution in [0.5, 0.6) is 0 Å². The number of imide groups is 1. The predicted molar refractivity (Wildman–Crippen MR) is 93.2 cm³/mol. The fourth-order valence-corrected chi connectivity index (χ4v) is 4.71. The lowest BCUT2D eigenvalue weighted by Crippen LogP contribution is -2.53. The van der Waals surface area contributed by atoms with Crippen LogP contribution in [0.1, 0.15) is 64.8 Å². The van der Waals surface area contributed by atoms with Gasteiger partial charge in [0.25, 0.3) is 11.8 Å². The lowest BCUT2D eigenvalue weighted by atomic mass is 9.78. The molecule has 5 heteroatoms. The van der Waals surface area contributed by atoms with Crippen molar-refractivity contribution in [1.82, 2.24) is 9.80 Å². The fourth-order valence-electron chi connectivity index (χ4n) is 4.71. The van der Waals surface area contributed by atoms with E-state index in [1.165, 1.54) is 19.3 Å². The van der Waals surface area contributed by atoms with Crippen LogP contribution in [-0.2, 0) is 4.79 Å². The Hall–Kier alpha value is -2.17. The van der Waals surface area contributed by atoms with Crippen molar-refractivity contribution in [2.45, 2.75) is 51.5 Å². The smallest absolute Gasteiger partial charge is 0.262 e. The summed E-state index contributed by atoms with van der Waals surface area (Å²) in [5.41, 5.74) is 1.78. The van der Waals surface area contributed by atoms with Crippen LogP contribution < -0.4 is 0 Å². The van der Waals surface area contributed by atoms with E-state index in [4.69, 9.17) is 0 Å². The van der Waals surface area contributed by atoms with Gasteiger partial charge in [0.2, 0.25) is 5.91 Å². The minimum atomic E-state index is -0.342. The number of fused-ring (bicyclic) bond motifs is 2. The molecule has 2 heterocycles. The molecule has 132 valence electrons. The van der Waals surface area contributed by atoms with Gasteiger partial charge in [-0.15, -0.1) is 0 Å². The first kappa shape index (κ1) is 16.3. The number of nitrogens with zero attached hydrogens (tertiary/aromatic N) is 2. The Balaban J connectivity index is 1.51. The Kier molecular flexibility index (Phi) is 4.10. The monoisotopic (exact) mass is 340 g/mol. The highest BCUT2D eigenvalue weighted by molar-refractivity contribution is 6.22. The van der Waals surface area contributed by atoms with Gasteiger partial charge in [0.1, 0.15) is 6.54 Å². The zero-order chi connectivity index (χ0) is 17.6. The summed E-state index contributed by atoms with van der Waals surface area (Å²) >= 11 is 0. The Morgan fingerprint density at radius 1 is 1.04 bits per heavy atom. The molecule has 1 saturated heterocycles. The molecule has 0 spiro atoms. The molecule has 2 atom stereocenters. The quantitative estimate of drug-likeness (QED) is 0.778. The number of piperidine rings is 1. The van der Waals surface area contributed by atoms with Crippen molar-refractivity contribution >= 4 is 17.7 Å². The molecule has 5 nitrogen and oxygen atoms in total. The van der Waals surface area contributed by atoms with Gasteiger partial charge in [-0.05, 0) is 50.7 Å². The molecule has 1 aromatic rings. The molecule has 1 saturated carbocycles. The summed E-state index contributed by atoms with van der Waals surface area (Å²) in [5.74, 6) is -0.168. The molecule has 2 fully saturated rings. The normalized spacial score (nSPS) is 25.8. The van der Waals surface area contributed by atoms with Crippen molar-refractivity contribution in [3.63, 3.8) is 0 Å². The third-order valence-corrected chi connectivity index (χ3v) is 5.98. The molecular formula is C20H24N2O3. The van der Waals surface area contributed by atoms with E-state index < -0.39 is 0 Å². The second-order valence-corrected chi connectivity index (χ2v) is 7.59. The molecule has 0 radical (unpaired) electrons. The van der Waals surface area contributed by atoms with Crippen molar-refractivity contribution in [3.05, 3.63) is 34.9 Å². The number of carbonyl (C=O) groups excluding carboxylic acids is 3. The van der Waals surface area contributed by atoms with E-state index >= 15 is 0 Å². The first-order valence-corrected chi connectivity index (χ1v) is 9.32. The van der Waals surface area contributed by atoms with Gasteiger partial charge >= 0.3 is 0 Å². The SMILES string of the molecule is Cc1ccc2c(c1)C(=O)N(CC(=O)N1CCCC3CCCCC31)C2=O. The van der Waals surface area contributed by atoms with Gasteiger partial charge in [0, 0.05) is 12.6 Å². The van der Waals surface area contributed by atoms with Crippen LogP contribution in [0.3, 0.4) is 0 Å². The number of hydrogen-bond donors (Lipinski definition) is 0. The van der Waals surface area contributed by atoms with Gasteiger partial charge in [-0.3, -0.25) is 19.3 Å². The van der Waals surface area contributed by atoms with Crippen LogP contribution >= 0.6 is 0 Å². The maximum atomic E-state index is 12.9. The van der Waals surface area contributed by atoms with Crippen LogP contribution in [-0.4, -0.2) is 46.7 Å². The summed E-state index contributed by atoms with van der Waals surface area (Å²) in [7, 11) is 0. The third-order valence-electron chi connectivity index (χ3n) is 5.98. The third kappa shape index (κ3) is 2.75. The molecule has 0 bridgehead atoms. The van der Waals surface area contributed by atoms with Crippen LogP contribution in [0.15, 0.2) is 18.2 Å². The number of carbonyl (C=O) groups is 3. The Labute approximate surface area is 148 Å². The van der Waals surface area contributed by atoms with E-state index in [9.17, 15) is 14.4 Å². The lowest BCUT2D eigenvalue weighted by Gasteiger charge is -2.44. The average Bonchev–Trinajstić information content (AvgIpc) is 2.85. The summed E-state index contributed by atoms with van der Waals surface area (Å²) in [6.45, 7) is 2.51. The topological polar surface area (TPSA) is 57.7 Å². The van der Waals surface area contributed by atoms with Crippen LogP contribution in [0.4, 0.5) is 0 Å². The van der Waals surface area contributed by atoms with E-state index in [0.29, 0.717) is 23.1 Å². The van der Waals surface area contributed by atoms with E-state index in [0.717, 1.165) is 36.3 Å². The number of amides is 3. The number of benzene rings is 1. The van der Waals surface area contributed by atoms with E-state index in [2.05, 4.69) is 0 Å². The van der Waals surface area contributed by atoms with Crippen LogP contribution in [0, 0.1) is 12.8 Å². The number of hydrogen-bond acceptors (Lipinski definition) is 3. The Morgan fingerprint density at radius 2 is 1.76 bits per heavy atom. The highest BCUT2D eigenvalue weighted by Gasteiger charge is 2.40. The maximum Gasteiger partial charge on any atom is 0.262 e. The highest BCUT2D eigenvalue weighted by Crippen LogP contribution is 2.35. The first-order valence-electron chi connectivity index (χ1n) is 9.32. The largest absolute Gasteiger partial charge is 0.338 e. The van der Waals surface area contributed by atoms with Gasteiger partial charge in [-0.1, -0.05) is 24.5 Å². The van der Waals surface area contributed by atoms with Crippen LogP contribution in [0.2, 0.25) is 0 Å². The summed E-state index contributed by atoms with van der Waals surface area (Å²) in [6, 6.07) is 5.55. The van der Waals surface area contributed by atoms with Gasteiger partial charge < -0.3 is 4.90 Å². The molecule has 3 amide bonds. The van der Waals surface area contributed by atoms with Crippen molar-refractivity contribution in [1.29, 1.82) is 0 Å².